The number of hydrogen-bond acceptors (Lipinski definition) is 8. The Morgan fingerprint density at radius 3 is 2.55 bits per heavy atom. The molecule has 0 bridgehead atoms. The van der Waals surface area contributed by atoms with Crippen LogP contribution in [-0.2, 0) is 23.9 Å². The van der Waals surface area contributed by atoms with Gasteiger partial charge >= 0.3 is 5.97 Å². The lowest BCUT2D eigenvalue weighted by Gasteiger charge is -2.26. The molecule has 0 aliphatic carbocycles. The normalized spacial score (nSPS) is 18.5. The molecule has 0 saturated carbocycles. The molecule has 0 radical (unpaired) electrons. The largest absolute Gasteiger partial charge is 0.461 e. The molecule has 12 heteroatoms. The molecule has 2 atom stereocenters. The highest BCUT2D eigenvalue weighted by Gasteiger charge is 2.34. The van der Waals surface area contributed by atoms with Crippen molar-refractivity contribution in [1.82, 2.24) is 14.7 Å². The van der Waals surface area contributed by atoms with Crippen molar-refractivity contribution in [3.05, 3.63) is 30.0 Å². The second-order valence-corrected chi connectivity index (χ2v) is 12.5. The first-order valence-electron chi connectivity index (χ1n) is 15.1. The van der Waals surface area contributed by atoms with Gasteiger partial charge in [0.25, 0.3) is 0 Å². The number of furan rings is 1. The minimum atomic E-state index is -1.44. The zero-order valence-corrected chi connectivity index (χ0v) is 26.2. The van der Waals surface area contributed by atoms with E-state index in [9.17, 15) is 24.4 Å². The Balaban J connectivity index is 1.63. The number of carbonyl (C=O) groups excluding carboxylic acids is 4. The minimum absolute atomic E-state index is 0.0147. The number of hydrogen-bond donors (Lipinski definition) is 1. The molecule has 2 saturated heterocycles. The van der Waals surface area contributed by atoms with Gasteiger partial charge in [0.05, 0.1) is 12.6 Å². The van der Waals surface area contributed by atoms with Gasteiger partial charge in [-0.3, -0.25) is 24.2 Å². The summed E-state index contributed by atoms with van der Waals surface area (Å²) in [6, 6.07) is 8.30. The fourth-order valence-electron chi connectivity index (χ4n) is 5.44. The maximum Gasteiger partial charge on any atom is 0.326 e. The van der Waals surface area contributed by atoms with Crippen LogP contribution in [0.15, 0.2) is 33.7 Å². The summed E-state index contributed by atoms with van der Waals surface area (Å²) in [5.41, 5.74) is 0.478. The van der Waals surface area contributed by atoms with Crippen LogP contribution in [-0.4, -0.2) is 95.6 Å². The van der Waals surface area contributed by atoms with E-state index < -0.39 is 29.4 Å². The monoisotopic (exact) mass is 606 g/mol. The summed E-state index contributed by atoms with van der Waals surface area (Å²) >= 11 is 0. The van der Waals surface area contributed by atoms with E-state index in [0.717, 1.165) is 28.9 Å². The molecule has 12 nitrogen and oxygen atoms in total. The zero-order chi connectivity index (χ0) is 32.0. The first kappa shape index (κ1) is 32.5. The van der Waals surface area contributed by atoms with Crippen LogP contribution in [0.3, 0.4) is 0 Å². The van der Waals surface area contributed by atoms with Gasteiger partial charge in [0.15, 0.2) is 5.92 Å². The molecule has 2 aromatic rings. The molecule has 1 N–H and O–H groups in total. The highest BCUT2D eigenvalue weighted by atomic mass is 16.6. The third-order valence-electron chi connectivity index (χ3n) is 7.56. The van der Waals surface area contributed by atoms with E-state index in [0.29, 0.717) is 50.2 Å². The number of likely N-dealkylation sites (N-methyl/N-ethyl adjacent to an activating group) is 1. The van der Waals surface area contributed by atoms with Crippen molar-refractivity contribution >= 4 is 46.2 Å². The second-order valence-electron chi connectivity index (χ2n) is 12.5. The Bertz CT molecular complexity index is 1460. The van der Waals surface area contributed by atoms with Crippen LogP contribution in [0.5, 0.6) is 0 Å². The number of nitriles is 1. The number of benzene rings is 1. The van der Waals surface area contributed by atoms with E-state index in [1.807, 2.05) is 19.1 Å². The maximum atomic E-state index is 13.7. The number of aryl methyl sites for hydroxylation is 1. The summed E-state index contributed by atoms with van der Waals surface area (Å²) in [4.78, 5) is 61.8. The number of nitrogens with zero attached hydrogens (tertiary/aromatic N) is 5. The summed E-state index contributed by atoms with van der Waals surface area (Å²) < 4.78 is 11.0. The third kappa shape index (κ3) is 8.36. The van der Waals surface area contributed by atoms with Crippen LogP contribution in [0.2, 0.25) is 0 Å². The van der Waals surface area contributed by atoms with Gasteiger partial charge in [-0.05, 0) is 84.1 Å². The summed E-state index contributed by atoms with van der Waals surface area (Å²) in [5, 5.41) is 14.2. The van der Waals surface area contributed by atoms with Gasteiger partial charge in [0.1, 0.15) is 35.4 Å². The smallest absolute Gasteiger partial charge is 0.326 e. The average Bonchev–Trinajstić information content (AvgIpc) is 3.58. The molecule has 2 fully saturated rings. The number of aliphatic imine (C=N–C) groups is 1. The number of esters is 1. The quantitative estimate of drug-likeness (QED) is 0.273. The van der Waals surface area contributed by atoms with Crippen LogP contribution >= 0.6 is 0 Å². The molecule has 44 heavy (non-hydrogen) atoms. The van der Waals surface area contributed by atoms with Crippen LogP contribution in [0.25, 0.3) is 11.0 Å². The summed E-state index contributed by atoms with van der Waals surface area (Å²) in [7, 11) is 1.41. The Labute approximate surface area is 258 Å². The van der Waals surface area contributed by atoms with E-state index in [1.54, 1.807) is 43.9 Å². The number of carbonyl (C=O) groups is 4. The van der Waals surface area contributed by atoms with Crippen molar-refractivity contribution in [1.29, 1.82) is 5.26 Å². The standard InChI is InChI=1S/C32H42N6O6/c1-21-16-22-17-23(11-12-26(22)43-21)34-29(24(18-33)30(41)36(5)20-28(40)44-32(2,3)4)35-25-10-6-7-15-38(31(25)42)19-27(39)37-13-8-9-14-37/h11-12,16-17,24-25H,6-10,13-15,19-20H2,1-5H3,(H,34,35)/t24?,25-/m0/s1. The zero-order valence-electron chi connectivity index (χ0n) is 26.2. The second kappa shape index (κ2) is 13.9. The third-order valence-corrected chi connectivity index (χ3v) is 7.56. The van der Waals surface area contributed by atoms with Gasteiger partial charge in [-0.2, -0.15) is 5.26 Å². The van der Waals surface area contributed by atoms with Crippen molar-refractivity contribution < 1.29 is 28.3 Å². The Hall–Kier alpha value is -4.40. The predicted molar refractivity (Wildman–Crippen MR) is 165 cm³/mol. The fourth-order valence-corrected chi connectivity index (χ4v) is 5.44. The minimum Gasteiger partial charge on any atom is -0.461 e. The van der Waals surface area contributed by atoms with Crippen molar-refractivity contribution in [2.24, 2.45) is 10.9 Å². The van der Waals surface area contributed by atoms with Crippen LogP contribution in [0.4, 0.5) is 5.69 Å². The Morgan fingerprint density at radius 1 is 1.16 bits per heavy atom. The van der Waals surface area contributed by atoms with Crippen molar-refractivity contribution in [3.8, 4) is 6.07 Å². The molecule has 4 rings (SSSR count). The molecule has 1 aromatic heterocycles. The molecule has 2 aliphatic heterocycles. The van der Waals surface area contributed by atoms with Crippen molar-refractivity contribution in [3.63, 3.8) is 0 Å². The first-order chi connectivity index (χ1) is 20.8. The predicted octanol–water partition coefficient (Wildman–Crippen LogP) is 3.50. The van der Waals surface area contributed by atoms with E-state index in [4.69, 9.17) is 14.1 Å². The van der Waals surface area contributed by atoms with Gasteiger partial charge in [-0.25, -0.2) is 0 Å². The number of amides is 3. The lowest BCUT2D eigenvalue weighted by atomic mass is 10.1. The van der Waals surface area contributed by atoms with Gasteiger partial charge in [0, 0.05) is 37.8 Å². The molecule has 3 heterocycles. The van der Waals surface area contributed by atoms with Crippen LogP contribution in [0, 0.1) is 24.2 Å². The number of likely N-dealkylation sites (tertiary alicyclic amines) is 2. The fraction of sp³-hybridized carbons (Fsp3) is 0.562. The number of fused-ring (bicyclic) bond motifs is 1. The summed E-state index contributed by atoms with van der Waals surface area (Å²) in [6.07, 6.45) is 3.71. The maximum absolute atomic E-state index is 13.7. The van der Waals surface area contributed by atoms with Crippen molar-refractivity contribution in [2.75, 3.05) is 45.1 Å². The Morgan fingerprint density at radius 2 is 1.86 bits per heavy atom. The van der Waals surface area contributed by atoms with E-state index in [-0.39, 0.29) is 30.7 Å². The van der Waals surface area contributed by atoms with Crippen LogP contribution in [0.1, 0.15) is 58.6 Å². The van der Waals surface area contributed by atoms with E-state index in [2.05, 4.69) is 5.32 Å². The van der Waals surface area contributed by atoms with E-state index >= 15 is 0 Å². The topological polar surface area (TPSA) is 149 Å². The molecule has 1 aromatic carbocycles. The lowest BCUT2D eigenvalue weighted by molar-refractivity contribution is -0.158. The van der Waals surface area contributed by atoms with Gasteiger partial charge < -0.3 is 29.2 Å². The van der Waals surface area contributed by atoms with Gasteiger partial charge in [-0.1, -0.05) is 0 Å². The van der Waals surface area contributed by atoms with Gasteiger partial charge in [0.2, 0.25) is 17.7 Å². The highest BCUT2D eigenvalue weighted by molar-refractivity contribution is 6.13. The lowest BCUT2D eigenvalue weighted by Crippen LogP contribution is -2.46. The number of amidine groups is 1. The molecule has 2 aliphatic rings. The number of ether oxygens (including phenoxy) is 1. The number of anilines is 1. The molecule has 1 unspecified atom stereocenters. The number of rotatable bonds is 8. The van der Waals surface area contributed by atoms with Gasteiger partial charge in [-0.15, -0.1) is 0 Å². The SMILES string of the molecule is Cc1cc2cc(NC(=N[C@H]3CCCCN(CC(=O)N4CCCC4)C3=O)C(C#N)C(=O)N(C)CC(=O)OC(C)(C)C)ccc2o1. The van der Waals surface area contributed by atoms with E-state index in [1.165, 1.54) is 11.9 Å². The first-order valence-corrected chi connectivity index (χ1v) is 15.1. The Kier molecular flexibility index (Phi) is 10.3. The summed E-state index contributed by atoms with van der Waals surface area (Å²) in [5.74, 6) is -2.42. The average molecular weight is 607 g/mol. The number of nitrogens with one attached hydrogen (secondary N) is 1. The molecular formula is C32H42N6O6. The molecular weight excluding hydrogens is 564 g/mol. The molecule has 0 spiro atoms. The summed E-state index contributed by atoms with van der Waals surface area (Å²) in [6.45, 7) is 8.45. The highest BCUT2D eigenvalue weighted by Crippen LogP contribution is 2.24. The molecule has 236 valence electrons. The molecule has 3 amide bonds. The van der Waals surface area contributed by atoms with Crippen molar-refractivity contribution in [2.45, 2.75) is 71.4 Å². The van der Waals surface area contributed by atoms with Crippen LogP contribution < -0.4 is 5.32 Å².